The summed E-state index contributed by atoms with van der Waals surface area (Å²) in [7, 11) is 0. The van der Waals surface area contributed by atoms with Crippen molar-refractivity contribution in [1.82, 2.24) is 36.0 Å². The maximum absolute atomic E-state index is 14.0. The lowest BCUT2D eigenvalue weighted by Crippen LogP contribution is -2.58. The second kappa shape index (κ2) is 31.0. The summed E-state index contributed by atoms with van der Waals surface area (Å²) in [5, 5.41) is 77.0. The number of phenolic OH excluding ortho intramolecular Hbond substituents is 1. The van der Waals surface area contributed by atoms with Gasteiger partial charge in [0.1, 0.15) is 29.9 Å². The second-order valence-corrected chi connectivity index (χ2v) is 17.1. The average Bonchev–Trinajstić information content (AvgIpc) is 3.20. The molecule has 370 valence electrons. The van der Waals surface area contributed by atoms with Crippen LogP contribution in [0, 0.1) is 7.14 Å². The van der Waals surface area contributed by atoms with Gasteiger partial charge >= 0.3 is 35.8 Å². The fourth-order valence-electron chi connectivity index (χ4n) is 6.31. The van der Waals surface area contributed by atoms with Gasteiger partial charge < -0.3 is 68.5 Å². The molecule has 0 aliphatic rings. The van der Waals surface area contributed by atoms with Gasteiger partial charge in [-0.05, 0) is 114 Å². The zero-order valence-electron chi connectivity index (χ0n) is 35.7. The summed E-state index contributed by atoms with van der Waals surface area (Å²) in [6, 6.07) is -2.91. The van der Waals surface area contributed by atoms with Gasteiger partial charge in [0, 0.05) is 26.1 Å². The van der Waals surface area contributed by atoms with E-state index in [1.54, 1.807) is 0 Å². The van der Waals surface area contributed by atoms with Crippen LogP contribution in [0.5, 0.6) is 5.75 Å². The number of aromatic hydroxyl groups is 1. The lowest BCUT2D eigenvalue weighted by molar-refractivity contribution is -0.146. The van der Waals surface area contributed by atoms with E-state index in [9.17, 15) is 83.7 Å². The minimum absolute atomic E-state index is 0.0102. The number of carbonyl (C=O) groups excluding carboxylic acids is 4. The molecule has 4 atom stereocenters. The van der Waals surface area contributed by atoms with Crippen molar-refractivity contribution in [3.05, 3.63) is 24.8 Å². The Morgan fingerprint density at radius 3 is 1.48 bits per heavy atom. The molecular weight excluding hydrogens is 1110 g/mol. The third-order valence-electron chi connectivity index (χ3n) is 9.39. The number of unbranched alkanes of at least 4 members (excludes halogenated alkanes) is 2. The zero-order chi connectivity index (χ0) is 50.1. The number of carbonyl (C=O) groups is 10. The first-order chi connectivity index (χ1) is 31.0. The third kappa shape index (κ3) is 24.0. The molecule has 0 aliphatic heterocycles. The van der Waals surface area contributed by atoms with Crippen molar-refractivity contribution in [2.24, 2.45) is 11.5 Å². The number of nitrogens with two attached hydrogens (primary N) is 2. The lowest BCUT2D eigenvalue weighted by atomic mass is 10.0. The van der Waals surface area contributed by atoms with Crippen LogP contribution in [0.4, 0.5) is 0 Å². The smallest absolute Gasteiger partial charge is 0.326 e. The highest BCUT2D eigenvalue weighted by Gasteiger charge is 2.34. The Kier molecular flexibility index (Phi) is 27.8. The number of carboxylic acids is 6. The van der Waals surface area contributed by atoms with Crippen LogP contribution in [-0.4, -0.2) is 206 Å². The van der Waals surface area contributed by atoms with Gasteiger partial charge in [0.2, 0.25) is 23.6 Å². The highest BCUT2D eigenvalue weighted by molar-refractivity contribution is 14.1. The SMILES string of the molecule is NCCCC[C@H](NC(=O)[C@H](CCCCN)NC(=O)[C@H](Cc1cc(I)c(O)c(I)c1)NC(=O)CNC(=O)C(CN(CCN(CC(=O)O)CC(=O)O)CC(=O)O)N(CC(=O)O)CC(=O)O)C(=O)O. The Hall–Kier alpha value is -5.02. The van der Waals surface area contributed by atoms with Gasteiger partial charge in [0.25, 0.3) is 0 Å². The molecule has 0 radical (unpaired) electrons. The molecule has 1 rings (SSSR count). The monoisotopic (exact) mass is 1170 g/mol. The van der Waals surface area contributed by atoms with Crippen LogP contribution >= 0.6 is 45.2 Å². The van der Waals surface area contributed by atoms with E-state index in [0.717, 1.165) is 9.80 Å². The van der Waals surface area contributed by atoms with Crippen LogP contribution in [0.2, 0.25) is 0 Å². The third-order valence-corrected chi connectivity index (χ3v) is 11.0. The van der Waals surface area contributed by atoms with E-state index in [1.165, 1.54) is 12.1 Å². The minimum Gasteiger partial charge on any atom is -0.506 e. The van der Waals surface area contributed by atoms with Crippen LogP contribution in [0.25, 0.3) is 0 Å². The van der Waals surface area contributed by atoms with Crippen molar-refractivity contribution in [2.45, 2.75) is 69.1 Å². The summed E-state index contributed by atoms with van der Waals surface area (Å²) in [5.41, 5.74) is 11.6. The number of halogens is 2. The summed E-state index contributed by atoms with van der Waals surface area (Å²) < 4.78 is 0.764. The van der Waals surface area contributed by atoms with Crippen molar-refractivity contribution in [3.63, 3.8) is 0 Å². The minimum atomic E-state index is -1.81. The molecule has 4 amide bonds. The van der Waals surface area contributed by atoms with Crippen LogP contribution in [0.15, 0.2) is 12.1 Å². The standard InChI is InChI=1S/C38H57I2N9O17/c39-22-11-21(12-23(40)34(22)61)13-26(36(63)45-24(5-1-3-7-41)35(62)46-25(38(65)66)6-2-4-8-42)44-28(50)14-43-37(64)27(49(19-32(57)58)20-33(59)60)15-47(16-29(51)52)9-10-48(17-30(53)54)18-31(55)56/h11-12,24-27,61H,1-10,13-20,41-42H2,(H,43,64)(H,44,50)(H,45,63)(H,46,62)(H,51,52)(H,53,54)(H,55,56)(H,57,58)(H,59,60)(H,65,66)/t24-,25-,26-,27?/m0/s1. The molecule has 28 heteroatoms. The van der Waals surface area contributed by atoms with Crippen molar-refractivity contribution in [2.75, 3.05) is 72.0 Å². The molecule has 0 aromatic heterocycles. The normalized spacial score (nSPS) is 13.0. The summed E-state index contributed by atoms with van der Waals surface area (Å²) in [5.74, 6) is -12.9. The Morgan fingerprint density at radius 1 is 0.576 bits per heavy atom. The first-order valence-corrected chi connectivity index (χ1v) is 22.4. The van der Waals surface area contributed by atoms with Gasteiger partial charge in [-0.1, -0.05) is 0 Å². The van der Waals surface area contributed by atoms with Gasteiger partial charge in [-0.25, -0.2) is 4.79 Å². The van der Waals surface area contributed by atoms with Crippen molar-refractivity contribution in [1.29, 1.82) is 0 Å². The molecule has 15 N–H and O–H groups in total. The molecule has 0 bridgehead atoms. The number of phenols is 1. The van der Waals surface area contributed by atoms with Gasteiger partial charge in [-0.15, -0.1) is 0 Å². The van der Waals surface area contributed by atoms with Crippen molar-refractivity contribution >= 4 is 105 Å². The van der Waals surface area contributed by atoms with E-state index in [0.29, 0.717) is 49.8 Å². The summed E-state index contributed by atoms with van der Waals surface area (Å²) in [6.07, 6.45) is 1.43. The summed E-state index contributed by atoms with van der Waals surface area (Å²) in [6.45, 7) is -6.48. The molecule has 0 spiro atoms. The number of amides is 4. The fraction of sp³-hybridized carbons (Fsp3) is 0.579. The van der Waals surface area contributed by atoms with E-state index in [2.05, 4.69) is 21.3 Å². The maximum atomic E-state index is 14.0. The van der Waals surface area contributed by atoms with Gasteiger partial charge in [-0.3, -0.25) is 57.9 Å². The lowest BCUT2D eigenvalue weighted by Gasteiger charge is -2.33. The molecule has 0 saturated carbocycles. The van der Waals surface area contributed by atoms with Crippen molar-refractivity contribution in [3.8, 4) is 5.75 Å². The predicted octanol–water partition coefficient (Wildman–Crippen LogP) is -3.25. The zero-order valence-corrected chi connectivity index (χ0v) is 40.0. The number of nitrogens with zero attached hydrogens (tertiary/aromatic N) is 3. The average molecular weight is 1170 g/mol. The second-order valence-electron chi connectivity index (χ2n) is 14.8. The van der Waals surface area contributed by atoms with Gasteiger partial charge in [0.15, 0.2) is 0 Å². The number of hydrogen-bond donors (Lipinski definition) is 13. The molecule has 0 aliphatic carbocycles. The first kappa shape index (κ1) is 59.0. The number of benzene rings is 1. The molecular formula is C38H57I2N9O17. The van der Waals surface area contributed by atoms with Crippen molar-refractivity contribution < 1.29 is 83.7 Å². The van der Waals surface area contributed by atoms with Crippen LogP contribution in [0.1, 0.15) is 44.1 Å². The number of rotatable bonds is 35. The van der Waals surface area contributed by atoms with E-state index in [1.807, 2.05) is 45.2 Å². The Bertz CT molecular complexity index is 1820. The summed E-state index contributed by atoms with van der Waals surface area (Å²) in [4.78, 5) is 128. The molecule has 26 nitrogen and oxygen atoms in total. The Morgan fingerprint density at radius 2 is 1.02 bits per heavy atom. The molecule has 0 heterocycles. The van der Waals surface area contributed by atoms with Gasteiger partial charge in [0.05, 0.1) is 46.4 Å². The highest BCUT2D eigenvalue weighted by atomic mass is 127. The van der Waals surface area contributed by atoms with Gasteiger partial charge in [-0.2, -0.15) is 0 Å². The molecule has 1 aromatic rings. The maximum Gasteiger partial charge on any atom is 0.326 e. The van der Waals surface area contributed by atoms with E-state index in [4.69, 9.17) is 11.5 Å². The fourth-order valence-corrected chi connectivity index (χ4v) is 8.20. The van der Waals surface area contributed by atoms with Crippen LogP contribution in [-0.2, 0) is 54.4 Å². The number of nitrogens with one attached hydrogen (secondary N) is 4. The molecule has 1 unspecified atom stereocenters. The molecule has 1 aromatic carbocycles. The first-order valence-electron chi connectivity index (χ1n) is 20.2. The van der Waals surface area contributed by atoms with E-state index >= 15 is 0 Å². The predicted molar refractivity (Wildman–Crippen MR) is 246 cm³/mol. The quantitative estimate of drug-likeness (QED) is 0.0235. The Labute approximate surface area is 405 Å². The largest absolute Gasteiger partial charge is 0.506 e. The highest BCUT2D eigenvalue weighted by Crippen LogP contribution is 2.28. The molecule has 0 saturated heterocycles. The number of aliphatic carboxylic acids is 6. The Balaban J connectivity index is 3.56. The molecule has 0 fully saturated rings. The van der Waals surface area contributed by atoms with Crippen LogP contribution in [0.3, 0.4) is 0 Å². The topological polar surface area (TPSA) is 422 Å². The van der Waals surface area contributed by atoms with E-state index in [-0.39, 0.29) is 38.1 Å². The van der Waals surface area contributed by atoms with Crippen LogP contribution < -0.4 is 32.7 Å². The number of carboxylic acid groups (broad SMARTS) is 6. The van der Waals surface area contributed by atoms with E-state index < -0.39 is 136 Å². The summed E-state index contributed by atoms with van der Waals surface area (Å²) >= 11 is 3.69. The molecule has 66 heavy (non-hydrogen) atoms. The number of hydrogen-bond acceptors (Lipinski definition) is 16.